The normalized spacial score (nSPS) is 19.4. The van der Waals surface area contributed by atoms with Crippen molar-refractivity contribution in [2.75, 3.05) is 18.0 Å². The first-order valence-corrected chi connectivity index (χ1v) is 6.49. The summed E-state index contributed by atoms with van der Waals surface area (Å²) in [6, 6.07) is 7.52. The van der Waals surface area contributed by atoms with Crippen LogP contribution in [-0.4, -0.2) is 29.0 Å². The monoisotopic (exact) mass is 276 g/mol. The number of hydrogen-bond acceptors (Lipinski definition) is 4. The maximum absolute atomic E-state index is 12.1. The van der Waals surface area contributed by atoms with Crippen molar-refractivity contribution in [3.63, 3.8) is 0 Å². The Labute approximate surface area is 115 Å². The minimum Gasteiger partial charge on any atom is -0.330 e. The minimum atomic E-state index is 0.0374. The highest BCUT2D eigenvalue weighted by Gasteiger charge is 2.31. The van der Waals surface area contributed by atoms with Crippen LogP contribution in [0.4, 0.5) is 5.82 Å². The van der Waals surface area contributed by atoms with Crippen LogP contribution < -0.4 is 10.6 Å². The Morgan fingerprint density at radius 3 is 2.89 bits per heavy atom. The lowest BCUT2D eigenvalue weighted by Gasteiger charge is -2.17. The first kappa shape index (κ1) is 12.3. The van der Waals surface area contributed by atoms with Crippen molar-refractivity contribution in [2.24, 2.45) is 11.7 Å². The zero-order chi connectivity index (χ0) is 13.4. The fourth-order valence-corrected chi connectivity index (χ4v) is 2.55. The Kier molecular flexibility index (Phi) is 3.08. The summed E-state index contributed by atoms with van der Waals surface area (Å²) in [5.41, 5.74) is 6.38. The summed E-state index contributed by atoms with van der Waals surface area (Å²) >= 11 is 5.94. The van der Waals surface area contributed by atoms with Crippen LogP contribution in [0.2, 0.25) is 5.28 Å². The van der Waals surface area contributed by atoms with Gasteiger partial charge in [0.2, 0.25) is 11.2 Å². The predicted molar refractivity (Wildman–Crippen MR) is 74.1 cm³/mol. The molecule has 2 heterocycles. The Balaban J connectivity index is 2.12. The number of nitrogens with two attached hydrogens (primary N) is 1. The molecular weight excluding hydrogens is 264 g/mol. The van der Waals surface area contributed by atoms with Crippen molar-refractivity contribution in [2.45, 2.75) is 6.42 Å². The molecule has 1 amide bonds. The minimum absolute atomic E-state index is 0.0374. The summed E-state index contributed by atoms with van der Waals surface area (Å²) in [7, 11) is 0. The molecule has 1 fully saturated rings. The fourth-order valence-electron chi connectivity index (χ4n) is 2.38. The van der Waals surface area contributed by atoms with Crippen LogP contribution in [0.25, 0.3) is 10.9 Å². The van der Waals surface area contributed by atoms with Crippen LogP contribution in [0.15, 0.2) is 24.3 Å². The van der Waals surface area contributed by atoms with E-state index in [0.29, 0.717) is 25.3 Å². The van der Waals surface area contributed by atoms with Gasteiger partial charge in [0.15, 0.2) is 0 Å². The summed E-state index contributed by atoms with van der Waals surface area (Å²) in [5, 5.41) is 0.982. The topological polar surface area (TPSA) is 72.1 Å². The smallest absolute Gasteiger partial charge is 0.228 e. The molecule has 1 aliphatic rings. The molecule has 0 bridgehead atoms. The van der Waals surface area contributed by atoms with Gasteiger partial charge in [-0.2, -0.15) is 4.98 Å². The lowest BCUT2D eigenvalue weighted by molar-refractivity contribution is -0.117. The summed E-state index contributed by atoms with van der Waals surface area (Å²) in [4.78, 5) is 22.1. The molecule has 0 radical (unpaired) electrons. The Hall–Kier alpha value is -1.72. The van der Waals surface area contributed by atoms with Gasteiger partial charge in [-0.05, 0) is 36.2 Å². The van der Waals surface area contributed by atoms with Gasteiger partial charge in [-0.25, -0.2) is 4.98 Å². The molecule has 0 spiro atoms. The number of fused-ring (bicyclic) bond motifs is 1. The van der Waals surface area contributed by atoms with Crippen molar-refractivity contribution in [3.8, 4) is 0 Å². The zero-order valence-electron chi connectivity index (χ0n) is 10.2. The number of benzene rings is 1. The van der Waals surface area contributed by atoms with E-state index in [-0.39, 0.29) is 17.1 Å². The second-order valence-corrected chi connectivity index (χ2v) is 4.98. The van der Waals surface area contributed by atoms with E-state index in [0.717, 1.165) is 10.9 Å². The number of halogens is 1. The highest BCUT2D eigenvalue weighted by atomic mass is 35.5. The van der Waals surface area contributed by atoms with Crippen LogP contribution in [-0.2, 0) is 4.79 Å². The van der Waals surface area contributed by atoms with Gasteiger partial charge >= 0.3 is 0 Å². The van der Waals surface area contributed by atoms with E-state index in [1.165, 1.54) is 0 Å². The number of carbonyl (C=O) groups excluding carboxylic acids is 1. The molecule has 1 atom stereocenters. The molecule has 0 aliphatic carbocycles. The molecule has 98 valence electrons. The molecule has 2 aromatic rings. The van der Waals surface area contributed by atoms with E-state index in [9.17, 15) is 4.79 Å². The number of carbonyl (C=O) groups is 1. The molecule has 5 nitrogen and oxygen atoms in total. The SMILES string of the molecule is NCC1CC(=O)N(c2nc(Cl)nc3ccccc23)C1. The Morgan fingerprint density at radius 1 is 1.37 bits per heavy atom. The molecule has 1 aromatic carbocycles. The standard InChI is InChI=1S/C13H13ClN4O/c14-13-16-10-4-2-1-3-9(10)12(17-13)18-7-8(6-15)5-11(18)19/h1-4,8H,5-7,15H2. The average Bonchev–Trinajstić information content (AvgIpc) is 2.79. The summed E-state index contributed by atoms with van der Waals surface area (Å²) in [6.07, 6.45) is 0.465. The molecule has 2 N–H and O–H groups in total. The molecule has 1 aliphatic heterocycles. The van der Waals surface area contributed by atoms with Crippen molar-refractivity contribution >= 4 is 34.2 Å². The molecule has 1 unspecified atom stereocenters. The van der Waals surface area contributed by atoms with E-state index in [1.807, 2.05) is 24.3 Å². The summed E-state index contributed by atoms with van der Waals surface area (Å²) in [6.45, 7) is 1.09. The van der Waals surface area contributed by atoms with Gasteiger partial charge in [-0.15, -0.1) is 0 Å². The van der Waals surface area contributed by atoms with E-state index in [4.69, 9.17) is 17.3 Å². The maximum atomic E-state index is 12.1. The number of hydrogen-bond donors (Lipinski definition) is 1. The van der Waals surface area contributed by atoms with Crippen molar-refractivity contribution in [3.05, 3.63) is 29.5 Å². The Morgan fingerprint density at radius 2 is 2.16 bits per heavy atom. The zero-order valence-corrected chi connectivity index (χ0v) is 11.0. The first-order chi connectivity index (χ1) is 9.19. The van der Waals surface area contributed by atoms with Crippen molar-refractivity contribution in [1.29, 1.82) is 0 Å². The largest absolute Gasteiger partial charge is 0.330 e. The average molecular weight is 277 g/mol. The predicted octanol–water partition coefficient (Wildman–Crippen LogP) is 1.59. The van der Waals surface area contributed by atoms with E-state index < -0.39 is 0 Å². The number of amides is 1. The van der Waals surface area contributed by atoms with Gasteiger partial charge in [0.05, 0.1) is 5.52 Å². The van der Waals surface area contributed by atoms with E-state index >= 15 is 0 Å². The molecule has 1 saturated heterocycles. The second-order valence-electron chi connectivity index (χ2n) is 4.64. The third-order valence-corrected chi connectivity index (χ3v) is 3.52. The highest BCUT2D eigenvalue weighted by Crippen LogP contribution is 2.29. The summed E-state index contributed by atoms with van der Waals surface area (Å²) < 4.78 is 0. The molecule has 6 heteroatoms. The number of aromatic nitrogens is 2. The number of rotatable bonds is 2. The van der Waals surface area contributed by atoms with Crippen LogP contribution in [0.3, 0.4) is 0 Å². The van der Waals surface area contributed by atoms with Crippen LogP contribution in [0.1, 0.15) is 6.42 Å². The van der Waals surface area contributed by atoms with E-state index in [2.05, 4.69) is 9.97 Å². The van der Waals surface area contributed by atoms with Gasteiger partial charge in [-0.1, -0.05) is 12.1 Å². The second kappa shape index (κ2) is 4.75. The number of para-hydroxylation sites is 1. The van der Waals surface area contributed by atoms with Gasteiger partial charge in [0.25, 0.3) is 0 Å². The first-order valence-electron chi connectivity index (χ1n) is 6.11. The maximum Gasteiger partial charge on any atom is 0.228 e. The third-order valence-electron chi connectivity index (χ3n) is 3.35. The number of nitrogens with zero attached hydrogens (tertiary/aromatic N) is 3. The lowest BCUT2D eigenvalue weighted by atomic mass is 10.1. The van der Waals surface area contributed by atoms with Gasteiger partial charge < -0.3 is 5.73 Å². The Bertz CT molecular complexity index is 646. The van der Waals surface area contributed by atoms with Crippen LogP contribution >= 0.6 is 11.6 Å². The van der Waals surface area contributed by atoms with Gasteiger partial charge in [0, 0.05) is 18.4 Å². The summed E-state index contributed by atoms with van der Waals surface area (Å²) in [5.74, 6) is 0.798. The quantitative estimate of drug-likeness (QED) is 0.846. The third kappa shape index (κ3) is 2.15. The lowest BCUT2D eigenvalue weighted by Crippen LogP contribution is -2.27. The molecule has 19 heavy (non-hydrogen) atoms. The van der Waals surface area contributed by atoms with Crippen molar-refractivity contribution in [1.82, 2.24) is 9.97 Å². The molecule has 3 rings (SSSR count). The molecule has 0 saturated carbocycles. The van der Waals surface area contributed by atoms with Gasteiger partial charge in [0.1, 0.15) is 5.82 Å². The number of anilines is 1. The highest BCUT2D eigenvalue weighted by molar-refractivity contribution is 6.29. The van der Waals surface area contributed by atoms with Crippen LogP contribution in [0, 0.1) is 5.92 Å². The van der Waals surface area contributed by atoms with E-state index in [1.54, 1.807) is 4.90 Å². The molecular formula is C13H13ClN4O. The fraction of sp³-hybridized carbons (Fsp3) is 0.308. The molecule has 1 aromatic heterocycles. The van der Waals surface area contributed by atoms with Crippen molar-refractivity contribution < 1.29 is 4.79 Å². The van der Waals surface area contributed by atoms with Crippen LogP contribution in [0.5, 0.6) is 0 Å². The van der Waals surface area contributed by atoms with Gasteiger partial charge in [-0.3, -0.25) is 9.69 Å².